The van der Waals surface area contributed by atoms with Crippen LogP contribution in [0.4, 0.5) is 8.78 Å². The minimum atomic E-state index is -1.18. The molecule has 0 bridgehead atoms. The van der Waals surface area contributed by atoms with E-state index < -0.39 is 35.7 Å². The van der Waals surface area contributed by atoms with E-state index in [2.05, 4.69) is 19.2 Å². The van der Waals surface area contributed by atoms with Gasteiger partial charge >= 0.3 is 5.97 Å². The van der Waals surface area contributed by atoms with Crippen LogP contribution in [0, 0.1) is 23.5 Å². The predicted molar refractivity (Wildman–Crippen MR) is 80.8 cm³/mol. The van der Waals surface area contributed by atoms with E-state index in [0.29, 0.717) is 11.8 Å². The average molecular weight is 325 g/mol. The smallest absolute Gasteiger partial charge is 0.344 e. The number of benzene rings is 1. The van der Waals surface area contributed by atoms with Gasteiger partial charge in [0.2, 0.25) is 0 Å². The quantitative estimate of drug-likeness (QED) is 0.866. The topological polar surface area (TPSA) is 55.4 Å². The highest BCUT2D eigenvalue weighted by Gasteiger charge is 2.28. The Kier molecular flexibility index (Phi) is 5.69. The fourth-order valence-corrected chi connectivity index (χ4v) is 2.93. The SMILES string of the molecule is C[C@@H]1[C@H](C)CCC[C@H]1NC(=O)COC(=O)c1c(F)cccc1F. The van der Waals surface area contributed by atoms with Crippen molar-refractivity contribution >= 4 is 11.9 Å². The summed E-state index contributed by atoms with van der Waals surface area (Å²) in [5.41, 5.74) is -0.778. The third-order valence-corrected chi connectivity index (χ3v) is 4.55. The van der Waals surface area contributed by atoms with Crippen molar-refractivity contribution in [2.45, 2.75) is 39.2 Å². The first-order valence-corrected chi connectivity index (χ1v) is 7.80. The molecule has 1 amide bonds. The molecule has 126 valence electrons. The van der Waals surface area contributed by atoms with Gasteiger partial charge in [-0.2, -0.15) is 0 Å². The summed E-state index contributed by atoms with van der Waals surface area (Å²) in [4.78, 5) is 23.6. The van der Waals surface area contributed by atoms with Crippen molar-refractivity contribution in [3.63, 3.8) is 0 Å². The van der Waals surface area contributed by atoms with E-state index in [1.54, 1.807) is 0 Å². The van der Waals surface area contributed by atoms with Crippen LogP contribution in [-0.4, -0.2) is 24.5 Å². The molecule has 1 aromatic carbocycles. The molecule has 23 heavy (non-hydrogen) atoms. The van der Waals surface area contributed by atoms with E-state index in [0.717, 1.165) is 37.5 Å². The Morgan fingerprint density at radius 2 is 1.87 bits per heavy atom. The summed E-state index contributed by atoms with van der Waals surface area (Å²) in [6.45, 7) is 3.67. The summed E-state index contributed by atoms with van der Waals surface area (Å²) in [6.07, 6.45) is 3.05. The molecule has 0 aliphatic heterocycles. The molecule has 1 aliphatic rings. The molecule has 1 saturated carbocycles. The lowest BCUT2D eigenvalue weighted by atomic mass is 9.78. The van der Waals surface area contributed by atoms with Crippen molar-refractivity contribution in [3.05, 3.63) is 35.4 Å². The zero-order valence-electron chi connectivity index (χ0n) is 13.3. The standard InChI is InChI=1S/C17H21F2NO3/c1-10-5-3-8-14(11(10)2)20-15(21)9-23-17(22)16-12(18)6-4-7-13(16)19/h4,6-7,10-11,14H,3,5,8-9H2,1-2H3,(H,20,21)/t10-,11-,14-/m1/s1. The molecule has 6 heteroatoms. The summed E-state index contributed by atoms with van der Waals surface area (Å²) >= 11 is 0. The lowest BCUT2D eigenvalue weighted by Crippen LogP contribution is -2.45. The molecule has 4 nitrogen and oxygen atoms in total. The van der Waals surface area contributed by atoms with Crippen molar-refractivity contribution in [1.29, 1.82) is 0 Å². The number of ether oxygens (including phenoxy) is 1. The van der Waals surface area contributed by atoms with E-state index in [1.165, 1.54) is 0 Å². The molecule has 0 spiro atoms. The van der Waals surface area contributed by atoms with Crippen molar-refractivity contribution in [2.24, 2.45) is 11.8 Å². The van der Waals surface area contributed by atoms with Crippen LogP contribution < -0.4 is 5.32 Å². The second kappa shape index (κ2) is 7.53. The highest BCUT2D eigenvalue weighted by Crippen LogP contribution is 2.29. The Balaban J connectivity index is 1.88. The molecular weight excluding hydrogens is 304 g/mol. The van der Waals surface area contributed by atoms with Crippen molar-refractivity contribution in [2.75, 3.05) is 6.61 Å². The number of amides is 1. The van der Waals surface area contributed by atoms with Gasteiger partial charge in [-0.1, -0.05) is 32.8 Å². The highest BCUT2D eigenvalue weighted by molar-refractivity contribution is 5.91. The van der Waals surface area contributed by atoms with Crippen LogP contribution in [0.1, 0.15) is 43.5 Å². The minimum absolute atomic E-state index is 0.0372. The average Bonchev–Trinajstić information content (AvgIpc) is 2.49. The number of nitrogens with one attached hydrogen (secondary N) is 1. The summed E-state index contributed by atoms with van der Waals surface area (Å²) in [5, 5.41) is 2.83. The maximum absolute atomic E-state index is 13.5. The molecular formula is C17H21F2NO3. The summed E-state index contributed by atoms with van der Waals surface area (Å²) in [7, 11) is 0. The van der Waals surface area contributed by atoms with E-state index in [4.69, 9.17) is 4.74 Å². The van der Waals surface area contributed by atoms with Crippen LogP contribution >= 0.6 is 0 Å². The van der Waals surface area contributed by atoms with Gasteiger partial charge in [0.15, 0.2) is 6.61 Å². The maximum Gasteiger partial charge on any atom is 0.344 e. The first kappa shape index (κ1) is 17.4. The van der Waals surface area contributed by atoms with Crippen molar-refractivity contribution in [3.8, 4) is 0 Å². The predicted octanol–water partition coefficient (Wildman–Crippen LogP) is 3.06. The summed E-state index contributed by atoms with van der Waals surface area (Å²) in [5.74, 6) is -2.80. The van der Waals surface area contributed by atoms with Crippen LogP contribution in [0.2, 0.25) is 0 Å². The van der Waals surface area contributed by atoms with Gasteiger partial charge < -0.3 is 10.1 Å². The third-order valence-electron chi connectivity index (χ3n) is 4.55. The van der Waals surface area contributed by atoms with Crippen LogP contribution in [0.3, 0.4) is 0 Å². The molecule has 1 aromatic rings. The van der Waals surface area contributed by atoms with Gasteiger partial charge in [0.25, 0.3) is 5.91 Å². The molecule has 1 N–H and O–H groups in total. The monoisotopic (exact) mass is 325 g/mol. The molecule has 0 saturated heterocycles. The molecule has 0 aromatic heterocycles. The molecule has 1 fully saturated rings. The number of esters is 1. The van der Waals surface area contributed by atoms with Gasteiger partial charge in [0, 0.05) is 6.04 Å². The fourth-order valence-electron chi connectivity index (χ4n) is 2.93. The second-order valence-corrected chi connectivity index (χ2v) is 6.11. The fraction of sp³-hybridized carbons (Fsp3) is 0.529. The first-order valence-electron chi connectivity index (χ1n) is 7.80. The maximum atomic E-state index is 13.5. The number of carbonyl (C=O) groups excluding carboxylic acids is 2. The Labute approximate surface area is 134 Å². The first-order chi connectivity index (χ1) is 10.9. The number of hydrogen-bond donors (Lipinski definition) is 1. The van der Waals surface area contributed by atoms with Gasteiger partial charge in [0.05, 0.1) is 0 Å². The lowest BCUT2D eigenvalue weighted by Gasteiger charge is -2.34. The van der Waals surface area contributed by atoms with Crippen LogP contribution in [-0.2, 0) is 9.53 Å². The zero-order chi connectivity index (χ0) is 17.0. The number of halogens is 2. The Morgan fingerprint density at radius 1 is 1.22 bits per heavy atom. The molecule has 0 radical (unpaired) electrons. The number of hydrogen-bond acceptors (Lipinski definition) is 3. The van der Waals surface area contributed by atoms with Gasteiger partial charge in [-0.15, -0.1) is 0 Å². The van der Waals surface area contributed by atoms with E-state index in [1.807, 2.05) is 0 Å². The van der Waals surface area contributed by atoms with Crippen molar-refractivity contribution < 1.29 is 23.1 Å². The Bertz CT molecular complexity index is 571. The van der Waals surface area contributed by atoms with Gasteiger partial charge in [-0.3, -0.25) is 4.79 Å². The molecule has 2 rings (SSSR count). The summed E-state index contributed by atoms with van der Waals surface area (Å²) < 4.78 is 31.6. The molecule has 1 aliphatic carbocycles. The van der Waals surface area contributed by atoms with Crippen molar-refractivity contribution in [1.82, 2.24) is 5.32 Å². The Hall–Kier alpha value is -1.98. The van der Waals surface area contributed by atoms with E-state index in [-0.39, 0.29) is 6.04 Å². The number of carbonyl (C=O) groups is 2. The lowest BCUT2D eigenvalue weighted by molar-refractivity contribution is -0.125. The minimum Gasteiger partial charge on any atom is -0.452 e. The van der Waals surface area contributed by atoms with E-state index >= 15 is 0 Å². The van der Waals surface area contributed by atoms with Crippen LogP contribution in [0.5, 0.6) is 0 Å². The zero-order valence-corrected chi connectivity index (χ0v) is 13.3. The normalized spacial score (nSPS) is 24.1. The molecule has 0 heterocycles. The van der Waals surface area contributed by atoms with Gasteiger partial charge in [-0.05, 0) is 30.4 Å². The highest BCUT2D eigenvalue weighted by atomic mass is 19.1. The van der Waals surface area contributed by atoms with Crippen LogP contribution in [0.15, 0.2) is 18.2 Å². The number of rotatable bonds is 4. The molecule has 0 unspecified atom stereocenters. The van der Waals surface area contributed by atoms with Crippen LogP contribution in [0.25, 0.3) is 0 Å². The Morgan fingerprint density at radius 3 is 2.52 bits per heavy atom. The largest absolute Gasteiger partial charge is 0.452 e. The van der Waals surface area contributed by atoms with E-state index in [9.17, 15) is 18.4 Å². The molecule has 3 atom stereocenters. The third kappa shape index (κ3) is 4.27. The van der Waals surface area contributed by atoms with Gasteiger partial charge in [-0.25, -0.2) is 13.6 Å². The second-order valence-electron chi connectivity index (χ2n) is 6.11. The summed E-state index contributed by atoms with van der Waals surface area (Å²) in [6, 6.07) is 3.12. The van der Waals surface area contributed by atoms with Gasteiger partial charge in [0.1, 0.15) is 17.2 Å².